The van der Waals surface area contributed by atoms with Gasteiger partial charge in [0.15, 0.2) is 9.84 Å². The van der Waals surface area contributed by atoms with Gasteiger partial charge in [-0.1, -0.05) is 0 Å². The molecule has 0 saturated carbocycles. The Labute approximate surface area is 165 Å². The maximum absolute atomic E-state index is 14.2. The minimum absolute atomic E-state index is 0.114. The molecule has 3 rings (SSSR count). The SMILES string of the molecule is CS(=O)(=O)c1cc(F)c(Nc2cc(OC3CCN(C(=O)O)CC3)ncn2)cc1F. The fraction of sp³-hybridized carbons (Fsp3) is 0.353. The minimum Gasteiger partial charge on any atom is -0.474 e. The third kappa shape index (κ3) is 5.08. The molecule has 29 heavy (non-hydrogen) atoms. The largest absolute Gasteiger partial charge is 0.474 e. The van der Waals surface area contributed by atoms with E-state index in [0.29, 0.717) is 32.0 Å². The molecule has 1 aliphatic rings. The van der Waals surface area contributed by atoms with Crippen molar-refractivity contribution >= 4 is 27.4 Å². The normalized spacial score (nSPS) is 15.2. The van der Waals surface area contributed by atoms with Crippen molar-refractivity contribution in [1.82, 2.24) is 14.9 Å². The molecule has 0 bridgehead atoms. The van der Waals surface area contributed by atoms with Crippen LogP contribution in [-0.4, -0.2) is 59.9 Å². The van der Waals surface area contributed by atoms with Gasteiger partial charge in [0.25, 0.3) is 0 Å². The van der Waals surface area contributed by atoms with Gasteiger partial charge in [-0.15, -0.1) is 0 Å². The number of sulfone groups is 1. The molecular weight excluding hydrogens is 410 g/mol. The molecule has 1 fully saturated rings. The van der Waals surface area contributed by atoms with Gasteiger partial charge >= 0.3 is 6.09 Å². The summed E-state index contributed by atoms with van der Waals surface area (Å²) in [5.74, 6) is -1.76. The smallest absolute Gasteiger partial charge is 0.407 e. The summed E-state index contributed by atoms with van der Waals surface area (Å²) in [6.45, 7) is 0.681. The summed E-state index contributed by atoms with van der Waals surface area (Å²) in [5.41, 5.74) is -0.297. The van der Waals surface area contributed by atoms with Gasteiger partial charge in [-0.25, -0.2) is 32.0 Å². The van der Waals surface area contributed by atoms with E-state index in [-0.39, 0.29) is 23.5 Å². The minimum atomic E-state index is -3.91. The maximum atomic E-state index is 14.2. The zero-order valence-corrected chi connectivity index (χ0v) is 16.1. The van der Waals surface area contributed by atoms with Crippen LogP contribution >= 0.6 is 0 Å². The third-order valence-corrected chi connectivity index (χ3v) is 5.44. The van der Waals surface area contributed by atoms with Crippen LogP contribution < -0.4 is 10.1 Å². The monoisotopic (exact) mass is 428 g/mol. The molecule has 9 nitrogen and oxygen atoms in total. The summed E-state index contributed by atoms with van der Waals surface area (Å²) < 4.78 is 56.9. The van der Waals surface area contributed by atoms with Crippen LogP contribution in [0.3, 0.4) is 0 Å². The molecule has 2 N–H and O–H groups in total. The average Bonchev–Trinajstić information content (AvgIpc) is 2.64. The number of halogens is 2. The average molecular weight is 428 g/mol. The van der Waals surface area contributed by atoms with Crippen LogP contribution in [0.15, 0.2) is 29.4 Å². The van der Waals surface area contributed by atoms with E-state index < -0.39 is 32.5 Å². The molecule has 12 heteroatoms. The Morgan fingerprint density at radius 1 is 1.21 bits per heavy atom. The number of nitrogens with one attached hydrogen (secondary N) is 1. The van der Waals surface area contributed by atoms with Crippen molar-refractivity contribution < 1.29 is 31.8 Å². The van der Waals surface area contributed by atoms with E-state index >= 15 is 0 Å². The second-order valence-corrected chi connectivity index (χ2v) is 8.47. The first-order valence-electron chi connectivity index (χ1n) is 8.56. The fourth-order valence-electron chi connectivity index (χ4n) is 2.85. The van der Waals surface area contributed by atoms with Crippen molar-refractivity contribution in [2.45, 2.75) is 23.8 Å². The number of amides is 1. The summed E-state index contributed by atoms with van der Waals surface area (Å²) in [6, 6.07) is 2.71. The lowest BCUT2D eigenvalue weighted by molar-refractivity contribution is 0.0870. The predicted molar refractivity (Wildman–Crippen MR) is 98.0 cm³/mol. The van der Waals surface area contributed by atoms with Crippen LogP contribution in [0.4, 0.5) is 25.1 Å². The highest BCUT2D eigenvalue weighted by Gasteiger charge is 2.24. The number of likely N-dealkylation sites (tertiary alicyclic amines) is 1. The van der Waals surface area contributed by atoms with Crippen molar-refractivity contribution in [2.75, 3.05) is 24.7 Å². The summed E-state index contributed by atoms with van der Waals surface area (Å²) in [6.07, 6.45) is 1.72. The number of carbonyl (C=O) groups is 1. The van der Waals surface area contributed by atoms with Crippen LogP contribution in [-0.2, 0) is 9.84 Å². The highest BCUT2D eigenvalue weighted by atomic mass is 32.2. The Balaban J connectivity index is 1.71. The molecule has 2 heterocycles. The molecule has 1 aromatic heterocycles. The molecule has 0 unspecified atom stereocenters. The van der Waals surface area contributed by atoms with Gasteiger partial charge in [0.05, 0.1) is 5.69 Å². The van der Waals surface area contributed by atoms with Gasteiger partial charge in [-0.3, -0.25) is 0 Å². The summed E-state index contributed by atoms with van der Waals surface area (Å²) in [7, 11) is -3.91. The van der Waals surface area contributed by atoms with E-state index in [9.17, 15) is 22.0 Å². The number of aromatic nitrogens is 2. The van der Waals surface area contributed by atoms with E-state index in [4.69, 9.17) is 9.84 Å². The number of piperidine rings is 1. The molecule has 1 aromatic carbocycles. The lowest BCUT2D eigenvalue weighted by Gasteiger charge is -2.29. The predicted octanol–water partition coefficient (Wildman–Crippen LogP) is 2.42. The number of nitrogens with zero attached hydrogens (tertiary/aromatic N) is 3. The van der Waals surface area contributed by atoms with Gasteiger partial charge in [0, 0.05) is 44.3 Å². The maximum Gasteiger partial charge on any atom is 0.407 e. The van der Waals surface area contributed by atoms with Crippen molar-refractivity contribution in [2.24, 2.45) is 0 Å². The molecule has 1 amide bonds. The lowest BCUT2D eigenvalue weighted by Crippen LogP contribution is -2.41. The number of ether oxygens (including phenoxy) is 1. The zero-order chi connectivity index (χ0) is 21.2. The van der Waals surface area contributed by atoms with Gasteiger partial charge in [-0.2, -0.15) is 0 Å². The summed E-state index contributed by atoms with van der Waals surface area (Å²) in [4.78, 5) is 19.4. The molecule has 0 spiro atoms. The fourth-order valence-corrected chi connectivity index (χ4v) is 3.59. The van der Waals surface area contributed by atoms with Gasteiger partial charge < -0.3 is 20.1 Å². The quantitative estimate of drug-likeness (QED) is 0.745. The van der Waals surface area contributed by atoms with Gasteiger partial charge in [0.1, 0.15) is 34.8 Å². The molecule has 1 saturated heterocycles. The van der Waals surface area contributed by atoms with Gasteiger partial charge in [0.2, 0.25) is 5.88 Å². The number of rotatable bonds is 5. The Bertz CT molecular complexity index is 1030. The molecule has 2 aromatic rings. The van der Waals surface area contributed by atoms with Crippen molar-refractivity contribution in [3.63, 3.8) is 0 Å². The van der Waals surface area contributed by atoms with E-state index in [1.165, 1.54) is 17.3 Å². The molecule has 0 atom stereocenters. The first kappa shape index (κ1) is 20.7. The second-order valence-electron chi connectivity index (χ2n) is 6.49. The van der Waals surface area contributed by atoms with Crippen LogP contribution in [0.1, 0.15) is 12.8 Å². The Kier molecular flexibility index (Phi) is 5.82. The zero-order valence-electron chi connectivity index (χ0n) is 15.3. The number of hydrogen-bond acceptors (Lipinski definition) is 7. The Hall–Kier alpha value is -3.02. The number of hydrogen-bond donors (Lipinski definition) is 2. The van der Waals surface area contributed by atoms with Crippen molar-refractivity contribution in [1.29, 1.82) is 0 Å². The van der Waals surface area contributed by atoms with Crippen LogP contribution in [0.2, 0.25) is 0 Å². The summed E-state index contributed by atoms with van der Waals surface area (Å²) in [5, 5.41) is 11.5. The number of benzene rings is 1. The summed E-state index contributed by atoms with van der Waals surface area (Å²) >= 11 is 0. The van der Waals surface area contributed by atoms with Crippen molar-refractivity contribution in [3.05, 3.63) is 36.2 Å². The first-order chi connectivity index (χ1) is 13.6. The highest BCUT2D eigenvalue weighted by molar-refractivity contribution is 7.90. The highest BCUT2D eigenvalue weighted by Crippen LogP contribution is 2.26. The van der Waals surface area contributed by atoms with Crippen LogP contribution in [0.25, 0.3) is 0 Å². The van der Waals surface area contributed by atoms with Gasteiger partial charge in [-0.05, 0) is 6.07 Å². The molecule has 0 radical (unpaired) electrons. The Morgan fingerprint density at radius 3 is 2.52 bits per heavy atom. The molecule has 1 aliphatic heterocycles. The van der Waals surface area contributed by atoms with Crippen LogP contribution in [0.5, 0.6) is 5.88 Å². The van der Waals surface area contributed by atoms with E-state index in [2.05, 4.69) is 15.3 Å². The topological polar surface area (TPSA) is 122 Å². The standard InChI is InChI=1S/C17H18F2N4O5S/c1-29(26,27)14-7-11(18)13(6-12(14)19)22-15-8-16(21-9-20-15)28-10-2-4-23(5-3-10)17(24)25/h6-10H,2-5H2,1H3,(H,24,25)(H,20,21,22). The second kappa shape index (κ2) is 8.15. The first-order valence-corrected chi connectivity index (χ1v) is 10.5. The van der Waals surface area contributed by atoms with Crippen LogP contribution in [0, 0.1) is 11.6 Å². The van der Waals surface area contributed by atoms with Crippen molar-refractivity contribution in [3.8, 4) is 5.88 Å². The molecule has 156 valence electrons. The number of anilines is 2. The van der Waals surface area contributed by atoms with E-state index in [1.54, 1.807) is 0 Å². The Morgan fingerprint density at radius 2 is 1.90 bits per heavy atom. The van der Waals surface area contributed by atoms with E-state index in [1.807, 2.05) is 0 Å². The number of carboxylic acid groups (broad SMARTS) is 1. The van der Waals surface area contributed by atoms with E-state index in [0.717, 1.165) is 12.3 Å². The third-order valence-electron chi connectivity index (χ3n) is 4.33. The molecule has 0 aliphatic carbocycles. The lowest BCUT2D eigenvalue weighted by atomic mass is 10.1. The molecular formula is C17H18F2N4O5S.